The summed E-state index contributed by atoms with van der Waals surface area (Å²) in [5.74, 6) is 2.20. The van der Waals surface area contributed by atoms with Gasteiger partial charge in [-0.15, -0.1) is 0 Å². The van der Waals surface area contributed by atoms with Gasteiger partial charge in [-0.3, -0.25) is 9.78 Å². The van der Waals surface area contributed by atoms with Crippen LogP contribution < -0.4 is 11.1 Å². The lowest BCUT2D eigenvalue weighted by Gasteiger charge is -2.30. The van der Waals surface area contributed by atoms with Crippen LogP contribution in [0.1, 0.15) is 105 Å². The van der Waals surface area contributed by atoms with Crippen molar-refractivity contribution in [1.29, 1.82) is 0 Å². The van der Waals surface area contributed by atoms with E-state index in [0.717, 1.165) is 36.1 Å². The summed E-state index contributed by atoms with van der Waals surface area (Å²) in [5.41, 5.74) is 9.92. The van der Waals surface area contributed by atoms with E-state index < -0.39 is 0 Å². The van der Waals surface area contributed by atoms with Crippen LogP contribution in [0.2, 0.25) is 0 Å². The third-order valence-electron chi connectivity index (χ3n) is 7.44. The molecule has 0 saturated heterocycles. The number of carbonyl (C=O) groups excluding carboxylic acids is 1. The molecule has 5 nitrogen and oxygen atoms in total. The Morgan fingerprint density at radius 2 is 1.74 bits per heavy atom. The molecule has 2 saturated carbocycles. The van der Waals surface area contributed by atoms with E-state index in [1.165, 1.54) is 50.5 Å². The van der Waals surface area contributed by atoms with E-state index in [-0.39, 0.29) is 5.91 Å². The van der Waals surface area contributed by atoms with Crippen molar-refractivity contribution in [3.63, 3.8) is 0 Å². The number of nitrogens with one attached hydrogen (secondary N) is 1. The van der Waals surface area contributed by atoms with Gasteiger partial charge in [0.1, 0.15) is 0 Å². The minimum absolute atomic E-state index is 0.236. The summed E-state index contributed by atoms with van der Waals surface area (Å²) in [6.45, 7) is 4.63. The molecule has 2 aromatic heterocycles. The molecule has 0 aliphatic heterocycles. The van der Waals surface area contributed by atoms with Crippen molar-refractivity contribution < 1.29 is 4.79 Å². The Labute approximate surface area is 186 Å². The maximum atomic E-state index is 13.2. The Morgan fingerprint density at radius 1 is 1.00 bits per heavy atom. The average molecular weight is 421 g/mol. The first-order chi connectivity index (χ1) is 15.0. The van der Waals surface area contributed by atoms with Crippen molar-refractivity contribution >= 4 is 17.3 Å². The quantitative estimate of drug-likeness (QED) is 0.596. The molecule has 5 heteroatoms. The van der Waals surface area contributed by atoms with E-state index >= 15 is 0 Å². The number of aromatic nitrogens is 2. The number of rotatable bonds is 5. The third kappa shape index (κ3) is 5.08. The Morgan fingerprint density at radius 3 is 2.45 bits per heavy atom. The van der Waals surface area contributed by atoms with Gasteiger partial charge in [-0.1, -0.05) is 33.1 Å². The van der Waals surface area contributed by atoms with Crippen LogP contribution in [-0.4, -0.2) is 15.9 Å². The van der Waals surface area contributed by atoms with Crippen molar-refractivity contribution in [2.24, 2.45) is 11.8 Å². The second kappa shape index (κ2) is 9.80. The number of pyridine rings is 2. The van der Waals surface area contributed by atoms with Gasteiger partial charge >= 0.3 is 0 Å². The topological polar surface area (TPSA) is 80.9 Å². The third-order valence-corrected chi connectivity index (χ3v) is 7.44. The summed E-state index contributed by atoms with van der Waals surface area (Å²) in [5, 5.41) is 3.07. The number of hydrogen-bond donors (Lipinski definition) is 2. The molecule has 2 heterocycles. The largest absolute Gasteiger partial charge is 0.397 e. The summed E-state index contributed by atoms with van der Waals surface area (Å²) < 4.78 is 0. The number of nitrogens with zero attached hydrogens (tertiary/aromatic N) is 2. The Balaban J connectivity index is 1.50. The number of hydrogen-bond acceptors (Lipinski definition) is 4. The molecule has 2 fully saturated rings. The van der Waals surface area contributed by atoms with Gasteiger partial charge in [0, 0.05) is 17.8 Å². The van der Waals surface area contributed by atoms with E-state index in [4.69, 9.17) is 10.7 Å². The highest BCUT2D eigenvalue weighted by atomic mass is 16.1. The van der Waals surface area contributed by atoms with Crippen LogP contribution in [0.4, 0.5) is 11.4 Å². The zero-order valence-corrected chi connectivity index (χ0v) is 18.9. The maximum Gasteiger partial charge on any atom is 0.276 e. The normalized spacial score (nSPS) is 22.4. The van der Waals surface area contributed by atoms with Gasteiger partial charge in [-0.25, -0.2) is 4.98 Å². The molecule has 0 bridgehead atoms. The molecule has 3 N–H and O–H groups in total. The van der Waals surface area contributed by atoms with Crippen LogP contribution >= 0.6 is 0 Å². The lowest BCUT2D eigenvalue weighted by Crippen LogP contribution is -2.21. The molecule has 2 aliphatic carbocycles. The zero-order chi connectivity index (χ0) is 21.8. The van der Waals surface area contributed by atoms with Gasteiger partial charge in [0.25, 0.3) is 5.91 Å². The number of nitrogens with two attached hydrogens (primary N) is 1. The minimum atomic E-state index is -0.236. The molecule has 0 radical (unpaired) electrons. The molecule has 0 unspecified atom stereocenters. The van der Waals surface area contributed by atoms with Crippen LogP contribution in [0, 0.1) is 11.8 Å². The van der Waals surface area contributed by atoms with Gasteiger partial charge in [0.05, 0.1) is 17.6 Å². The molecule has 0 spiro atoms. The van der Waals surface area contributed by atoms with Gasteiger partial charge in [-0.2, -0.15) is 0 Å². The van der Waals surface area contributed by atoms with E-state index in [0.29, 0.717) is 23.2 Å². The summed E-state index contributed by atoms with van der Waals surface area (Å²) in [4.78, 5) is 22.2. The summed E-state index contributed by atoms with van der Waals surface area (Å²) >= 11 is 0. The van der Waals surface area contributed by atoms with Gasteiger partial charge in [0.15, 0.2) is 5.69 Å². The van der Waals surface area contributed by atoms with Gasteiger partial charge in [0.2, 0.25) is 0 Å². The van der Waals surface area contributed by atoms with Gasteiger partial charge < -0.3 is 11.1 Å². The number of anilines is 2. The predicted molar refractivity (Wildman–Crippen MR) is 126 cm³/mol. The second-order valence-electron chi connectivity index (χ2n) is 9.78. The Bertz CT molecular complexity index is 896. The molecule has 0 atom stereocenters. The lowest BCUT2D eigenvalue weighted by molar-refractivity contribution is 0.102. The molecule has 0 aromatic carbocycles. The summed E-state index contributed by atoms with van der Waals surface area (Å²) in [7, 11) is 0. The van der Waals surface area contributed by atoms with Crippen molar-refractivity contribution in [2.75, 3.05) is 11.1 Å². The molecular weight excluding hydrogens is 384 g/mol. The average Bonchev–Trinajstić information content (AvgIpc) is 2.80. The van der Waals surface area contributed by atoms with Crippen LogP contribution in [-0.2, 0) is 0 Å². The Kier molecular flexibility index (Phi) is 6.89. The van der Waals surface area contributed by atoms with Crippen LogP contribution in [0.5, 0.6) is 0 Å². The van der Waals surface area contributed by atoms with Crippen molar-refractivity contribution in [3.05, 3.63) is 47.5 Å². The fourth-order valence-electron chi connectivity index (χ4n) is 5.44. The monoisotopic (exact) mass is 420 g/mol. The van der Waals surface area contributed by atoms with E-state index in [1.54, 1.807) is 6.20 Å². The molecule has 2 aliphatic rings. The predicted octanol–water partition coefficient (Wildman–Crippen LogP) is 6.29. The van der Waals surface area contributed by atoms with Crippen molar-refractivity contribution in [1.82, 2.24) is 9.97 Å². The highest BCUT2D eigenvalue weighted by Crippen LogP contribution is 2.39. The Hall–Kier alpha value is -2.43. The molecular formula is C26H36N4O. The molecule has 4 rings (SSSR count). The second-order valence-corrected chi connectivity index (χ2v) is 9.78. The summed E-state index contributed by atoms with van der Waals surface area (Å²) in [6.07, 6.45) is 14.4. The maximum absolute atomic E-state index is 13.2. The van der Waals surface area contributed by atoms with Crippen molar-refractivity contribution in [2.45, 2.75) is 83.5 Å². The lowest BCUT2D eigenvalue weighted by atomic mass is 9.76. The highest BCUT2D eigenvalue weighted by molar-refractivity contribution is 6.06. The zero-order valence-electron chi connectivity index (χ0n) is 18.9. The van der Waals surface area contributed by atoms with Crippen LogP contribution in [0.25, 0.3) is 0 Å². The van der Waals surface area contributed by atoms with Gasteiger partial charge in [-0.05, 0) is 80.0 Å². The molecule has 2 aromatic rings. The van der Waals surface area contributed by atoms with E-state index in [9.17, 15) is 4.79 Å². The first kappa shape index (κ1) is 21.8. The highest BCUT2D eigenvalue weighted by Gasteiger charge is 2.26. The SMILES string of the molecule is CC(C)C1CCC(c2ccc(N)c(C(=O)Nc3cnccc3C3CCCCC3)n2)CC1. The van der Waals surface area contributed by atoms with E-state index in [2.05, 4.69) is 24.1 Å². The first-order valence-corrected chi connectivity index (χ1v) is 12.0. The standard InChI is InChI=1S/C26H36N4O/c1-17(2)18-8-10-20(11-9-18)23-13-12-22(27)25(29-23)26(31)30-24-16-28-15-14-21(24)19-6-4-3-5-7-19/h12-20H,3-11,27H2,1-2H3,(H,30,31). The van der Waals surface area contributed by atoms with Crippen LogP contribution in [0.3, 0.4) is 0 Å². The fraction of sp³-hybridized carbons (Fsp3) is 0.577. The minimum Gasteiger partial charge on any atom is -0.397 e. The fourth-order valence-corrected chi connectivity index (χ4v) is 5.44. The molecule has 166 valence electrons. The summed E-state index contributed by atoms with van der Waals surface area (Å²) in [6, 6.07) is 5.90. The van der Waals surface area contributed by atoms with Crippen LogP contribution in [0.15, 0.2) is 30.6 Å². The van der Waals surface area contributed by atoms with Crippen molar-refractivity contribution in [3.8, 4) is 0 Å². The number of nitrogen functional groups attached to an aromatic ring is 1. The molecule has 1 amide bonds. The number of carbonyl (C=O) groups is 1. The molecule has 31 heavy (non-hydrogen) atoms. The van der Waals surface area contributed by atoms with E-state index in [1.807, 2.05) is 24.4 Å². The smallest absolute Gasteiger partial charge is 0.276 e. The number of amides is 1. The first-order valence-electron chi connectivity index (χ1n) is 12.0.